The summed E-state index contributed by atoms with van der Waals surface area (Å²) in [7, 11) is 1.57. The predicted octanol–water partition coefficient (Wildman–Crippen LogP) is 2.67. The molecule has 2 aromatic heterocycles. The van der Waals surface area contributed by atoms with Crippen molar-refractivity contribution in [1.29, 1.82) is 0 Å². The van der Waals surface area contributed by atoms with Crippen LogP contribution < -0.4 is 14.8 Å². The van der Waals surface area contributed by atoms with Crippen molar-refractivity contribution in [2.45, 2.75) is 32.9 Å². The summed E-state index contributed by atoms with van der Waals surface area (Å²) in [5.74, 6) is 1.65. The Morgan fingerprint density at radius 1 is 1.10 bits per heavy atom. The van der Waals surface area contributed by atoms with Crippen LogP contribution in [0, 0.1) is 0 Å². The Bertz CT molecular complexity index is 596. The molecular weight excluding hydrogens is 268 g/mol. The van der Waals surface area contributed by atoms with Crippen molar-refractivity contribution < 1.29 is 9.47 Å². The fourth-order valence-electron chi connectivity index (χ4n) is 1.65. The molecule has 0 aliphatic heterocycles. The molecule has 0 unspecified atom stereocenters. The average molecular weight is 288 g/mol. The van der Waals surface area contributed by atoms with Gasteiger partial charge in [0.05, 0.1) is 7.11 Å². The maximum absolute atomic E-state index is 5.74. The van der Waals surface area contributed by atoms with Gasteiger partial charge in [0, 0.05) is 31.1 Å². The second kappa shape index (κ2) is 6.39. The molecule has 2 rings (SSSR count). The number of ether oxygens (including phenoxy) is 2. The van der Waals surface area contributed by atoms with Gasteiger partial charge in [-0.3, -0.25) is 0 Å². The van der Waals surface area contributed by atoms with E-state index in [1.165, 1.54) is 0 Å². The lowest BCUT2D eigenvalue weighted by Crippen LogP contribution is -2.23. The van der Waals surface area contributed by atoms with Crippen LogP contribution >= 0.6 is 0 Å². The van der Waals surface area contributed by atoms with Crippen molar-refractivity contribution in [3.8, 4) is 11.8 Å². The third kappa shape index (κ3) is 4.91. The molecule has 0 saturated carbocycles. The molecule has 6 heteroatoms. The molecular formula is C15H20N4O2. The van der Waals surface area contributed by atoms with Gasteiger partial charge in [0.2, 0.25) is 17.7 Å². The zero-order valence-electron chi connectivity index (χ0n) is 12.8. The van der Waals surface area contributed by atoms with Crippen LogP contribution in [0.15, 0.2) is 30.6 Å². The molecule has 2 heterocycles. The number of nitrogens with zero attached hydrogens (tertiary/aromatic N) is 3. The number of pyridine rings is 1. The van der Waals surface area contributed by atoms with Crippen LogP contribution in [-0.4, -0.2) is 27.7 Å². The van der Waals surface area contributed by atoms with Gasteiger partial charge in [0.15, 0.2) is 0 Å². The molecule has 0 aromatic carbocycles. The first-order valence-electron chi connectivity index (χ1n) is 6.71. The minimum Gasteiger partial charge on any atom is -0.481 e. The highest BCUT2D eigenvalue weighted by molar-refractivity contribution is 5.30. The van der Waals surface area contributed by atoms with Crippen LogP contribution in [0.1, 0.15) is 26.3 Å². The van der Waals surface area contributed by atoms with E-state index in [0.29, 0.717) is 24.3 Å². The third-order valence-electron chi connectivity index (χ3n) is 2.50. The van der Waals surface area contributed by atoms with Crippen LogP contribution in [0.3, 0.4) is 0 Å². The second-order valence-corrected chi connectivity index (χ2v) is 5.49. The average Bonchev–Trinajstić information content (AvgIpc) is 2.44. The molecule has 0 bridgehead atoms. The molecule has 112 valence electrons. The summed E-state index contributed by atoms with van der Waals surface area (Å²) in [5, 5.41) is 3.14. The number of anilines is 1. The minimum absolute atomic E-state index is 0.269. The SMILES string of the molecule is COc1ccnc(NCc2ccnc(OC(C)(C)C)c2)n1. The van der Waals surface area contributed by atoms with Crippen LogP contribution in [0.25, 0.3) is 0 Å². The smallest absolute Gasteiger partial charge is 0.226 e. The van der Waals surface area contributed by atoms with Crippen LogP contribution in [0.4, 0.5) is 5.95 Å². The molecule has 0 aliphatic rings. The Labute approximate surface area is 124 Å². The fourth-order valence-corrected chi connectivity index (χ4v) is 1.65. The molecule has 0 fully saturated rings. The Morgan fingerprint density at radius 2 is 1.86 bits per heavy atom. The first kappa shape index (κ1) is 15.0. The quantitative estimate of drug-likeness (QED) is 0.912. The van der Waals surface area contributed by atoms with Gasteiger partial charge in [0.25, 0.3) is 0 Å². The number of methoxy groups -OCH3 is 1. The van der Waals surface area contributed by atoms with Crippen LogP contribution in [-0.2, 0) is 6.54 Å². The Hall–Kier alpha value is -2.37. The Morgan fingerprint density at radius 3 is 2.57 bits per heavy atom. The lowest BCUT2D eigenvalue weighted by Gasteiger charge is -2.20. The zero-order valence-corrected chi connectivity index (χ0v) is 12.8. The van der Waals surface area contributed by atoms with Crippen molar-refractivity contribution >= 4 is 5.95 Å². The maximum atomic E-state index is 5.74. The van der Waals surface area contributed by atoms with E-state index in [4.69, 9.17) is 9.47 Å². The second-order valence-electron chi connectivity index (χ2n) is 5.49. The monoisotopic (exact) mass is 288 g/mol. The summed E-state index contributed by atoms with van der Waals surface area (Å²) in [5.41, 5.74) is 0.769. The van der Waals surface area contributed by atoms with Crippen molar-refractivity contribution in [1.82, 2.24) is 15.0 Å². The van der Waals surface area contributed by atoms with Gasteiger partial charge >= 0.3 is 0 Å². The van der Waals surface area contributed by atoms with Gasteiger partial charge in [0.1, 0.15) is 5.60 Å². The van der Waals surface area contributed by atoms with Crippen molar-refractivity contribution in [2.75, 3.05) is 12.4 Å². The van der Waals surface area contributed by atoms with Crippen LogP contribution in [0.2, 0.25) is 0 Å². The van der Waals surface area contributed by atoms with Crippen LogP contribution in [0.5, 0.6) is 11.8 Å². The number of aromatic nitrogens is 3. The van der Waals surface area contributed by atoms with Gasteiger partial charge in [-0.25, -0.2) is 9.97 Å². The van der Waals surface area contributed by atoms with E-state index < -0.39 is 0 Å². The molecule has 0 amide bonds. The standard InChI is InChI=1S/C15H20N4O2/c1-15(2,3)21-13-9-11(5-7-16-13)10-18-14-17-8-6-12(19-14)20-4/h5-9H,10H2,1-4H3,(H,17,18,19). The fraction of sp³-hybridized carbons (Fsp3) is 0.400. The highest BCUT2D eigenvalue weighted by Crippen LogP contribution is 2.17. The molecule has 6 nitrogen and oxygen atoms in total. The van der Waals surface area contributed by atoms with Gasteiger partial charge in [-0.2, -0.15) is 4.98 Å². The van der Waals surface area contributed by atoms with Gasteiger partial charge in [-0.1, -0.05) is 0 Å². The van der Waals surface area contributed by atoms with E-state index in [2.05, 4.69) is 20.3 Å². The first-order valence-corrected chi connectivity index (χ1v) is 6.71. The van der Waals surface area contributed by atoms with E-state index in [9.17, 15) is 0 Å². The number of nitrogens with one attached hydrogen (secondary N) is 1. The molecule has 2 aromatic rings. The molecule has 0 aliphatic carbocycles. The molecule has 1 N–H and O–H groups in total. The number of rotatable bonds is 5. The van der Waals surface area contributed by atoms with E-state index in [1.54, 1.807) is 25.6 Å². The summed E-state index contributed by atoms with van der Waals surface area (Å²) in [6, 6.07) is 5.52. The van der Waals surface area contributed by atoms with E-state index in [0.717, 1.165) is 5.56 Å². The lowest BCUT2D eigenvalue weighted by atomic mass is 10.2. The molecule has 0 saturated heterocycles. The summed E-state index contributed by atoms with van der Waals surface area (Å²) < 4.78 is 10.8. The summed E-state index contributed by atoms with van der Waals surface area (Å²) in [4.78, 5) is 12.5. The molecule has 0 spiro atoms. The molecule has 21 heavy (non-hydrogen) atoms. The van der Waals surface area contributed by atoms with E-state index in [1.807, 2.05) is 32.9 Å². The maximum Gasteiger partial charge on any atom is 0.226 e. The van der Waals surface area contributed by atoms with Crippen molar-refractivity contribution in [3.63, 3.8) is 0 Å². The highest BCUT2D eigenvalue weighted by Gasteiger charge is 2.12. The molecule has 0 radical (unpaired) electrons. The summed E-state index contributed by atoms with van der Waals surface area (Å²) in [6.45, 7) is 6.55. The lowest BCUT2D eigenvalue weighted by molar-refractivity contribution is 0.124. The third-order valence-corrected chi connectivity index (χ3v) is 2.50. The van der Waals surface area contributed by atoms with E-state index in [-0.39, 0.29) is 5.60 Å². The Kier molecular flexibility index (Phi) is 4.57. The number of hydrogen-bond donors (Lipinski definition) is 1. The highest BCUT2D eigenvalue weighted by atomic mass is 16.5. The summed E-state index contributed by atoms with van der Waals surface area (Å²) in [6.07, 6.45) is 3.37. The van der Waals surface area contributed by atoms with Gasteiger partial charge < -0.3 is 14.8 Å². The van der Waals surface area contributed by atoms with Crippen molar-refractivity contribution in [3.05, 3.63) is 36.2 Å². The van der Waals surface area contributed by atoms with Crippen molar-refractivity contribution in [2.24, 2.45) is 0 Å². The largest absolute Gasteiger partial charge is 0.481 e. The topological polar surface area (TPSA) is 69.2 Å². The normalized spacial score (nSPS) is 11.0. The molecule has 0 atom stereocenters. The first-order chi connectivity index (χ1) is 9.96. The summed E-state index contributed by atoms with van der Waals surface area (Å²) >= 11 is 0. The minimum atomic E-state index is -0.269. The zero-order chi connectivity index (χ0) is 15.3. The van der Waals surface area contributed by atoms with Gasteiger partial charge in [-0.15, -0.1) is 0 Å². The van der Waals surface area contributed by atoms with E-state index >= 15 is 0 Å². The van der Waals surface area contributed by atoms with Gasteiger partial charge in [-0.05, 0) is 32.4 Å². The Balaban J connectivity index is 2.01. The predicted molar refractivity (Wildman–Crippen MR) is 80.5 cm³/mol. The number of hydrogen-bond acceptors (Lipinski definition) is 6.